The van der Waals surface area contributed by atoms with E-state index in [0.29, 0.717) is 5.56 Å². The van der Waals surface area contributed by atoms with E-state index in [4.69, 9.17) is 5.11 Å². The maximum atomic E-state index is 11.6. The van der Waals surface area contributed by atoms with Crippen LogP contribution in [-0.2, 0) is 11.2 Å². The lowest BCUT2D eigenvalue weighted by atomic mass is 10.1. The summed E-state index contributed by atoms with van der Waals surface area (Å²) in [6, 6.07) is 6.70. The fourth-order valence-electron chi connectivity index (χ4n) is 1.29. The summed E-state index contributed by atoms with van der Waals surface area (Å²) in [4.78, 5) is 11.6. The predicted octanol–water partition coefficient (Wildman–Crippen LogP) is 0.822. The van der Waals surface area contributed by atoms with E-state index in [1.165, 1.54) is 0 Å². The molecule has 1 aromatic carbocycles. The fraction of sp³-hybridized carbons (Fsp3) is 0.417. The normalized spacial score (nSPS) is 11.2. The quantitative estimate of drug-likeness (QED) is 0.708. The van der Waals surface area contributed by atoms with E-state index in [1.807, 2.05) is 0 Å². The number of rotatable bonds is 4. The number of hydrogen-bond acceptors (Lipinski definition) is 3. The molecule has 0 spiro atoms. The standard InChI is InChI=1S/C12H17NO3/c1-12(2,8-14)13-11(16)7-9-5-3-4-6-10(9)15/h3-6,14-15H,7-8H2,1-2H3,(H,13,16). The summed E-state index contributed by atoms with van der Waals surface area (Å²) in [5.74, 6) is -0.111. The van der Waals surface area contributed by atoms with Crippen molar-refractivity contribution in [1.82, 2.24) is 5.32 Å². The van der Waals surface area contributed by atoms with Gasteiger partial charge in [-0.3, -0.25) is 4.79 Å². The van der Waals surface area contributed by atoms with Crippen LogP contribution in [0.4, 0.5) is 0 Å². The average molecular weight is 223 g/mol. The molecule has 0 aliphatic rings. The van der Waals surface area contributed by atoms with Gasteiger partial charge in [0.2, 0.25) is 5.91 Å². The van der Waals surface area contributed by atoms with Crippen molar-refractivity contribution in [2.24, 2.45) is 0 Å². The summed E-state index contributed by atoms with van der Waals surface area (Å²) in [5.41, 5.74) is -0.0599. The van der Waals surface area contributed by atoms with E-state index < -0.39 is 5.54 Å². The first-order valence-electron chi connectivity index (χ1n) is 5.13. The van der Waals surface area contributed by atoms with Crippen LogP contribution in [-0.4, -0.2) is 28.3 Å². The number of hydrogen-bond donors (Lipinski definition) is 3. The second-order valence-corrected chi connectivity index (χ2v) is 4.40. The summed E-state index contributed by atoms with van der Waals surface area (Å²) >= 11 is 0. The van der Waals surface area contributed by atoms with E-state index in [2.05, 4.69) is 5.32 Å². The molecule has 88 valence electrons. The van der Waals surface area contributed by atoms with Crippen molar-refractivity contribution in [2.75, 3.05) is 6.61 Å². The number of amides is 1. The SMILES string of the molecule is CC(C)(CO)NC(=O)Cc1ccccc1O. The lowest BCUT2D eigenvalue weighted by molar-refractivity contribution is -0.122. The monoisotopic (exact) mass is 223 g/mol. The van der Waals surface area contributed by atoms with Crippen LogP contribution in [0.2, 0.25) is 0 Å². The van der Waals surface area contributed by atoms with Crippen molar-refractivity contribution in [3.05, 3.63) is 29.8 Å². The number of aliphatic hydroxyl groups is 1. The van der Waals surface area contributed by atoms with Crippen molar-refractivity contribution < 1.29 is 15.0 Å². The molecule has 0 aliphatic heterocycles. The molecule has 1 aromatic rings. The predicted molar refractivity (Wildman–Crippen MR) is 61.1 cm³/mol. The summed E-state index contributed by atoms with van der Waals surface area (Å²) in [5, 5.41) is 21.2. The second-order valence-electron chi connectivity index (χ2n) is 4.40. The van der Waals surface area contributed by atoms with Crippen LogP contribution in [0, 0.1) is 0 Å². The van der Waals surface area contributed by atoms with Gasteiger partial charge < -0.3 is 15.5 Å². The molecule has 4 heteroatoms. The van der Waals surface area contributed by atoms with Crippen molar-refractivity contribution in [3.8, 4) is 5.75 Å². The summed E-state index contributed by atoms with van der Waals surface area (Å²) < 4.78 is 0. The van der Waals surface area contributed by atoms with Gasteiger partial charge in [0, 0.05) is 5.56 Å². The molecule has 4 nitrogen and oxygen atoms in total. The maximum Gasteiger partial charge on any atom is 0.225 e. The number of carbonyl (C=O) groups is 1. The number of phenols is 1. The molecule has 0 atom stereocenters. The Morgan fingerprint density at radius 3 is 2.56 bits per heavy atom. The Balaban J connectivity index is 2.62. The number of aliphatic hydroxyl groups excluding tert-OH is 1. The van der Waals surface area contributed by atoms with Gasteiger partial charge >= 0.3 is 0 Å². The zero-order valence-electron chi connectivity index (χ0n) is 9.53. The Morgan fingerprint density at radius 1 is 1.38 bits per heavy atom. The third-order valence-corrected chi connectivity index (χ3v) is 2.22. The molecule has 0 bridgehead atoms. The highest BCUT2D eigenvalue weighted by molar-refractivity contribution is 5.79. The van der Waals surface area contributed by atoms with Gasteiger partial charge in [0.25, 0.3) is 0 Å². The Kier molecular flexibility index (Phi) is 3.90. The third-order valence-electron chi connectivity index (χ3n) is 2.22. The molecule has 1 rings (SSSR count). The largest absolute Gasteiger partial charge is 0.508 e. The minimum Gasteiger partial charge on any atom is -0.508 e. The van der Waals surface area contributed by atoms with Gasteiger partial charge in [-0.15, -0.1) is 0 Å². The van der Waals surface area contributed by atoms with Gasteiger partial charge in [0.15, 0.2) is 0 Å². The Hall–Kier alpha value is -1.55. The summed E-state index contributed by atoms with van der Waals surface area (Å²) in [6.07, 6.45) is 0.107. The first-order chi connectivity index (χ1) is 7.44. The van der Waals surface area contributed by atoms with Gasteiger partial charge in [-0.2, -0.15) is 0 Å². The second kappa shape index (κ2) is 4.99. The van der Waals surface area contributed by atoms with Crippen molar-refractivity contribution in [2.45, 2.75) is 25.8 Å². The minimum atomic E-state index is -0.637. The van der Waals surface area contributed by atoms with Crippen LogP contribution in [0.1, 0.15) is 19.4 Å². The topological polar surface area (TPSA) is 69.6 Å². The maximum absolute atomic E-state index is 11.6. The summed E-state index contributed by atoms with van der Waals surface area (Å²) in [6.45, 7) is 3.34. The molecule has 0 fully saturated rings. The van der Waals surface area contributed by atoms with Gasteiger partial charge in [0.1, 0.15) is 5.75 Å². The Labute approximate surface area is 94.9 Å². The molecule has 1 amide bonds. The number of aromatic hydroxyl groups is 1. The van der Waals surface area contributed by atoms with Crippen molar-refractivity contribution in [1.29, 1.82) is 0 Å². The number of para-hydroxylation sites is 1. The molecule has 0 radical (unpaired) electrons. The van der Waals surface area contributed by atoms with Gasteiger partial charge in [-0.1, -0.05) is 18.2 Å². The first kappa shape index (κ1) is 12.5. The lowest BCUT2D eigenvalue weighted by Crippen LogP contribution is -2.46. The van der Waals surface area contributed by atoms with E-state index in [0.717, 1.165) is 0 Å². The lowest BCUT2D eigenvalue weighted by Gasteiger charge is -2.23. The molecular weight excluding hydrogens is 206 g/mol. The molecule has 0 saturated carbocycles. The Bertz CT molecular complexity index is 374. The van der Waals surface area contributed by atoms with Crippen LogP contribution in [0.15, 0.2) is 24.3 Å². The van der Waals surface area contributed by atoms with Crippen LogP contribution < -0.4 is 5.32 Å². The highest BCUT2D eigenvalue weighted by Crippen LogP contribution is 2.16. The van der Waals surface area contributed by atoms with E-state index in [9.17, 15) is 9.90 Å². The molecule has 0 aromatic heterocycles. The Morgan fingerprint density at radius 2 is 2.00 bits per heavy atom. The zero-order valence-corrected chi connectivity index (χ0v) is 9.53. The van der Waals surface area contributed by atoms with Crippen molar-refractivity contribution >= 4 is 5.91 Å². The molecule has 0 heterocycles. The number of benzene rings is 1. The van der Waals surface area contributed by atoms with Gasteiger partial charge in [-0.05, 0) is 19.9 Å². The third kappa shape index (κ3) is 3.55. The van der Waals surface area contributed by atoms with Gasteiger partial charge in [0.05, 0.1) is 18.6 Å². The fourth-order valence-corrected chi connectivity index (χ4v) is 1.29. The molecular formula is C12H17NO3. The molecule has 3 N–H and O–H groups in total. The number of carbonyl (C=O) groups excluding carboxylic acids is 1. The van der Waals surface area contributed by atoms with E-state index in [1.54, 1.807) is 38.1 Å². The van der Waals surface area contributed by atoms with Crippen molar-refractivity contribution in [3.63, 3.8) is 0 Å². The molecule has 0 aliphatic carbocycles. The van der Waals surface area contributed by atoms with Gasteiger partial charge in [-0.25, -0.2) is 0 Å². The van der Waals surface area contributed by atoms with Crippen LogP contribution in [0.5, 0.6) is 5.75 Å². The number of nitrogens with one attached hydrogen (secondary N) is 1. The zero-order chi connectivity index (χ0) is 12.2. The van der Waals surface area contributed by atoms with Crippen LogP contribution in [0.3, 0.4) is 0 Å². The van der Waals surface area contributed by atoms with E-state index in [-0.39, 0.29) is 24.7 Å². The molecule has 0 saturated heterocycles. The van der Waals surface area contributed by atoms with Crippen LogP contribution in [0.25, 0.3) is 0 Å². The highest BCUT2D eigenvalue weighted by atomic mass is 16.3. The summed E-state index contributed by atoms with van der Waals surface area (Å²) in [7, 11) is 0. The van der Waals surface area contributed by atoms with Crippen LogP contribution >= 0.6 is 0 Å². The smallest absolute Gasteiger partial charge is 0.225 e. The number of phenolic OH excluding ortho intramolecular Hbond substituents is 1. The average Bonchev–Trinajstić information content (AvgIpc) is 2.21. The highest BCUT2D eigenvalue weighted by Gasteiger charge is 2.19. The molecule has 16 heavy (non-hydrogen) atoms. The first-order valence-corrected chi connectivity index (χ1v) is 5.13. The molecule has 0 unspecified atom stereocenters. The minimum absolute atomic E-state index is 0.107. The van der Waals surface area contributed by atoms with E-state index >= 15 is 0 Å².